The molecule has 2 N–H and O–H groups in total. The first kappa shape index (κ1) is 15.7. The maximum absolute atomic E-state index is 13.6. The van der Waals surface area contributed by atoms with Crippen molar-refractivity contribution in [1.29, 1.82) is 0 Å². The number of nitrogens with two attached hydrogens (primary N) is 1. The molecule has 0 spiro atoms. The molecule has 1 saturated heterocycles. The summed E-state index contributed by atoms with van der Waals surface area (Å²) in [6.45, 7) is 2.37. The number of benzene rings is 1. The third kappa shape index (κ3) is 2.45. The Hall–Kier alpha value is -1.79. The van der Waals surface area contributed by atoms with Gasteiger partial charge in [0.25, 0.3) is 5.91 Å². The van der Waals surface area contributed by atoms with Crippen molar-refractivity contribution in [2.45, 2.75) is 38.3 Å². The Morgan fingerprint density at radius 1 is 1.46 bits per heavy atom. The van der Waals surface area contributed by atoms with E-state index in [1.54, 1.807) is 6.07 Å². The largest absolute Gasteiger partial charge is 0.330 e. The highest BCUT2D eigenvalue weighted by atomic mass is 32.1. The number of hydrogen-bond donors (Lipinski definition) is 1. The van der Waals surface area contributed by atoms with Gasteiger partial charge in [0.2, 0.25) is 0 Å². The first-order valence-corrected chi connectivity index (χ1v) is 9.16. The molecule has 1 saturated carbocycles. The molecule has 4 nitrogen and oxygen atoms in total. The van der Waals surface area contributed by atoms with Gasteiger partial charge >= 0.3 is 0 Å². The number of halogens is 1. The molecule has 1 aliphatic heterocycles. The van der Waals surface area contributed by atoms with Crippen LogP contribution in [0.2, 0.25) is 0 Å². The van der Waals surface area contributed by atoms with Crippen LogP contribution in [0, 0.1) is 18.7 Å². The summed E-state index contributed by atoms with van der Waals surface area (Å²) in [6.07, 6.45) is 3.25. The van der Waals surface area contributed by atoms with Gasteiger partial charge in [0.05, 0.1) is 9.88 Å². The minimum Gasteiger partial charge on any atom is -0.330 e. The normalized spacial score (nSPS) is 25.5. The summed E-state index contributed by atoms with van der Waals surface area (Å²) >= 11 is 1.44. The Morgan fingerprint density at radius 2 is 2.29 bits per heavy atom. The van der Waals surface area contributed by atoms with Crippen LogP contribution >= 0.6 is 11.3 Å². The van der Waals surface area contributed by atoms with Gasteiger partial charge in [0, 0.05) is 18.6 Å². The second-order valence-corrected chi connectivity index (χ2v) is 7.87. The fourth-order valence-corrected chi connectivity index (χ4v) is 5.14. The second kappa shape index (κ2) is 5.93. The highest BCUT2D eigenvalue weighted by molar-refractivity contribution is 7.15. The van der Waals surface area contributed by atoms with Crippen LogP contribution < -0.4 is 5.73 Å². The van der Waals surface area contributed by atoms with Crippen LogP contribution in [0.4, 0.5) is 4.39 Å². The van der Waals surface area contributed by atoms with Crippen LogP contribution in [0.3, 0.4) is 0 Å². The first-order chi connectivity index (χ1) is 11.6. The highest BCUT2D eigenvalue weighted by Crippen LogP contribution is 2.43. The van der Waals surface area contributed by atoms with Gasteiger partial charge in [-0.1, -0.05) is 12.1 Å². The van der Waals surface area contributed by atoms with E-state index >= 15 is 0 Å². The molecule has 2 aromatic rings. The van der Waals surface area contributed by atoms with Crippen molar-refractivity contribution in [2.75, 3.05) is 6.54 Å². The number of piperidine rings is 1. The van der Waals surface area contributed by atoms with Gasteiger partial charge in [0.15, 0.2) is 0 Å². The minimum absolute atomic E-state index is 0.0544. The Labute approximate surface area is 144 Å². The van der Waals surface area contributed by atoms with E-state index in [4.69, 9.17) is 5.73 Å². The number of aromatic nitrogens is 1. The number of nitrogens with zero attached hydrogens (tertiary/aromatic N) is 2. The van der Waals surface area contributed by atoms with Gasteiger partial charge in [-0.2, -0.15) is 0 Å². The summed E-state index contributed by atoms with van der Waals surface area (Å²) in [5, 5.41) is 0.811. The number of hydrogen-bond acceptors (Lipinski definition) is 4. The average molecular weight is 345 g/mol. The summed E-state index contributed by atoms with van der Waals surface area (Å²) in [5.41, 5.74) is 7.08. The van der Waals surface area contributed by atoms with Crippen molar-refractivity contribution in [2.24, 2.45) is 11.7 Å². The van der Waals surface area contributed by atoms with E-state index in [1.165, 1.54) is 23.5 Å². The Kier molecular flexibility index (Phi) is 3.89. The van der Waals surface area contributed by atoms with Crippen LogP contribution in [0.1, 0.15) is 34.8 Å². The lowest BCUT2D eigenvalue weighted by Crippen LogP contribution is -2.48. The van der Waals surface area contributed by atoms with Crippen LogP contribution in [-0.4, -0.2) is 34.4 Å². The zero-order chi connectivity index (χ0) is 16.8. The number of amides is 1. The van der Waals surface area contributed by atoms with Gasteiger partial charge in [-0.25, -0.2) is 9.37 Å². The number of carbonyl (C=O) groups is 1. The van der Waals surface area contributed by atoms with Gasteiger partial charge < -0.3 is 10.6 Å². The first-order valence-electron chi connectivity index (χ1n) is 8.34. The molecule has 3 atom stereocenters. The summed E-state index contributed by atoms with van der Waals surface area (Å²) in [4.78, 5) is 20.4. The third-order valence-corrected chi connectivity index (χ3v) is 6.26. The molecule has 2 heterocycles. The van der Waals surface area contributed by atoms with E-state index in [1.807, 2.05) is 17.9 Å². The minimum atomic E-state index is -0.308. The molecule has 4 rings (SSSR count). The molecule has 2 aliphatic rings. The molecule has 6 heteroatoms. The second-order valence-electron chi connectivity index (χ2n) is 6.66. The van der Waals surface area contributed by atoms with E-state index in [0.29, 0.717) is 23.7 Å². The predicted molar refractivity (Wildman–Crippen MR) is 92.4 cm³/mol. The topological polar surface area (TPSA) is 59.2 Å². The van der Waals surface area contributed by atoms with Gasteiger partial charge in [-0.3, -0.25) is 4.79 Å². The third-order valence-electron chi connectivity index (χ3n) is 5.24. The maximum atomic E-state index is 13.6. The molecule has 24 heavy (non-hydrogen) atoms. The summed E-state index contributed by atoms with van der Waals surface area (Å²) in [5.74, 6) is 0.152. The number of fused-ring (bicyclic) bond motifs is 2. The van der Waals surface area contributed by atoms with Gasteiger partial charge in [0.1, 0.15) is 11.5 Å². The number of rotatable bonds is 3. The molecular formula is C18H20FN3OS. The standard InChI is InChI=1S/C18H20FN3OS/c1-10-21-16(17(24-10)12-3-2-4-13(19)7-12)18(23)22-14-6-5-11(8-14)15(22)9-20/h2-4,7,11,14-15H,5-6,8-9,20H2,1H3/t11-,14+,15+/m0/s1. The average Bonchev–Trinajstić information content (AvgIpc) is 3.27. The van der Waals surface area contributed by atoms with Crippen LogP contribution in [0.5, 0.6) is 0 Å². The molecule has 2 fully saturated rings. The molecule has 0 unspecified atom stereocenters. The van der Waals surface area contributed by atoms with E-state index in [9.17, 15) is 9.18 Å². The Balaban J connectivity index is 1.73. The number of aryl methyl sites for hydroxylation is 1. The zero-order valence-corrected chi connectivity index (χ0v) is 14.4. The van der Waals surface area contributed by atoms with E-state index in [-0.39, 0.29) is 23.8 Å². The fourth-order valence-electron chi connectivity index (χ4n) is 4.23. The molecule has 1 aliphatic carbocycles. The van der Waals surface area contributed by atoms with Crippen molar-refractivity contribution in [1.82, 2.24) is 9.88 Å². The van der Waals surface area contributed by atoms with Gasteiger partial charge in [-0.05, 0) is 49.8 Å². The lowest BCUT2D eigenvalue weighted by molar-refractivity contribution is 0.0597. The quantitative estimate of drug-likeness (QED) is 0.929. The van der Waals surface area contributed by atoms with Crippen molar-refractivity contribution in [3.63, 3.8) is 0 Å². The highest BCUT2D eigenvalue weighted by Gasteiger charge is 2.48. The van der Waals surface area contributed by atoms with Gasteiger partial charge in [-0.15, -0.1) is 11.3 Å². The van der Waals surface area contributed by atoms with E-state index in [0.717, 1.165) is 29.1 Å². The Bertz CT molecular complexity index is 790. The zero-order valence-electron chi connectivity index (χ0n) is 13.5. The molecule has 1 amide bonds. The number of likely N-dealkylation sites (tertiary alicyclic amines) is 1. The summed E-state index contributed by atoms with van der Waals surface area (Å²) in [7, 11) is 0. The van der Waals surface area contributed by atoms with Crippen LogP contribution in [-0.2, 0) is 0 Å². The lowest BCUT2D eigenvalue weighted by atomic mass is 9.98. The molecule has 126 valence electrons. The van der Waals surface area contributed by atoms with Crippen molar-refractivity contribution < 1.29 is 9.18 Å². The van der Waals surface area contributed by atoms with Crippen molar-refractivity contribution >= 4 is 17.2 Å². The van der Waals surface area contributed by atoms with Crippen molar-refractivity contribution in [3.8, 4) is 10.4 Å². The molecule has 1 aromatic heterocycles. The smallest absolute Gasteiger partial charge is 0.274 e. The SMILES string of the molecule is Cc1nc(C(=O)N2[C@@H]3CC[C@@H](C3)[C@H]2CN)c(-c2cccc(F)c2)s1. The van der Waals surface area contributed by atoms with Crippen molar-refractivity contribution in [3.05, 3.63) is 40.8 Å². The fraction of sp³-hybridized carbons (Fsp3) is 0.444. The molecular weight excluding hydrogens is 325 g/mol. The predicted octanol–water partition coefficient (Wildman–Crippen LogP) is 3.21. The lowest BCUT2D eigenvalue weighted by Gasteiger charge is -2.34. The monoisotopic (exact) mass is 345 g/mol. The van der Waals surface area contributed by atoms with Crippen LogP contribution in [0.15, 0.2) is 24.3 Å². The number of carbonyl (C=O) groups excluding carboxylic acids is 1. The van der Waals surface area contributed by atoms with Crippen LogP contribution in [0.25, 0.3) is 10.4 Å². The van der Waals surface area contributed by atoms with E-state index in [2.05, 4.69) is 4.98 Å². The van der Waals surface area contributed by atoms with E-state index < -0.39 is 0 Å². The number of thiazole rings is 1. The summed E-state index contributed by atoms with van der Waals surface area (Å²) < 4.78 is 13.6. The molecule has 0 radical (unpaired) electrons. The maximum Gasteiger partial charge on any atom is 0.274 e. The summed E-state index contributed by atoms with van der Waals surface area (Å²) in [6, 6.07) is 6.73. The molecule has 2 bridgehead atoms. The Morgan fingerprint density at radius 3 is 3.04 bits per heavy atom. The molecule has 1 aromatic carbocycles.